The molecule has 0 aliphatic rings. The summed E-state index contributed by atoms with van der Waals surface area (Å²) in [6, 6.07) is 10.4. The van der Waals surface area contributed by atoms with Gasteiger partial charge in [0, 0.05) is 11.1 Å². The molecule has 0 spiro atoms. The lowest BCUT2D eigenvalue weighted by molar-refractivity contribution is 0.0696. The summed E-state index contributed by atoms with van der Waals surface area (Å²) in [4.78, 5) is 23.2. The Morgan fingerprint density at radius 1 is 1.04 bits per heavy atom. The molecule has 2 rings (SSSR count). The monoisotopic (exact) mass is 326 g/mol. The van der Waals surface area contributed by atoms with Gasteiger partial charge < -0.3 is 14.9 Å². The van der Waals surface area contributed by atoms with Gasteiger partial charge in [0.1, 0.15) is 11.5 Å². The largest absolute Gasteiger partial charge is 0.508 e. The van der Waals surface area contributed by atoms with Crippen LogP contribution in [-0.2, 0) is 0 Å². The van der Waals surface area contributed by atoms with Crippen LogP contribution in [0.2, 0.25) is 0 Å². The molecule has 0 radical (unpaired) electrons. The Bertz CT molecular complexity index is 773. The number of phenols is 1. The van der Waals surface area contributed by atoms with Crippen LogP contribution in [0.5, 0.6) is 11.5 Å². The van der Waals surface area contributed by atoms with E-state index < -0.39 is 5.97 Å². The van der Waals surface area contributed by atoms with Crippen LogP contribution >= 0.6 is 0 Å². The number of carbonyl (C=O) groups excluding carboxylic acids is 1. The first-order chi connectivity index (χ1) is 11.4. The number of aromatic hydroxyl groups is 1. The first-order valence-electron chi connectivity index (χ1n) is 7.42. The van der Waals surface area contributed by atoms with Gasteiger partial charge >= 0.3 is 5.97 Å². The highest BCUT2D eigenvalue weighted by Crippen LogP contribution is 2.24. The van der Waals surface area contributed by atoms with Crippen LogP contribution in [0.3, 0.4) is 0 Å². The van der Waals surface area contributed by atoms with Crippen LogP contribution in [-0.4, -0.2) is 28.1 Å². The molecule has 0 atom stereocenters. The van der Waals surface area contributed by atoms with Gasteiger partial charge in [-0.25, -0.2) is 4.79 Å². The first-order valence-corrected chi connectivity index (χ1v) is 7.42. The Hall–Kier alpha value is -3.08. The van der Waals surface area contributed by atoms with Gasteiger partial charge in [-0.2, -0.15) is 0 Å². The molecular formula is C19H18O5. The zero-order valence-electron chi connectivity index (χ0n) is 13.4. The summed E-state index contributed by atoms with van der Waals surface area (Å²) < 4.78 is 5.63. The standard InChI is InChI=1S/C19H18O5/c1-12(2)24-18-11-15(19(22)23)4-3-14(18)7-10-17(21)13-5-8-16(20)9-6-13/h3-12,20H,1-2H3,(H,22,23)/b10-7+. The molecule has 0 heterocycles. The number of allylic oxidation sites excluding steroid dienone is 1. The quantitative estimate of drug-likeness (QED) is 0.623. The number of carbonyl (C=O) groups is 2. The first kappa shape index (κ1) is 17.3. The van der Waals surface area contributed by atoms with Crippen molar-refractivity contribution in [2.24, 2.45) is 0 Å². The van der Waals surface area contributed by atoms with E-state index in [2.05, 4.69) is 0 Å². The van der Waals surface area contributed by atoms with Crippen molar-refractivity contribution in [3.8, 4) is 11.5 Å². The third-order valence-corrected chi connectivity index (χ3v) is 3.19. The fourth-order valence-electron chi connectivity index (χ4n) is 2.05. The number of hydrogen-bond acceptors (Lipinski definition) is 4. The van der Waals surface area contributed by atoms with Crippen LogP contribution in [0, 0.1) is 0 Å². The molecule has 2 aromatic rings. The normalized spacial score (nSPS) is 11.0. The molecular weight excluding hydrogens is 308 g/mol. The topological polar surface area (TPSA) is 83.8 Å². The van der Waals surface area contributed by atoms with Crippen molar-refractivity contribution in [1.82, 2.24) is 0 Å². The van der Waals surface area contributed by atoms with Crippen molar-refractivity contribution in [3.05, 3.63) is 65.2 Å². The zero-order valence-corrected chi connectivity index (χ0v) is 13.4. The minimum absolute atomic E-state index is 0.0902. The van der Waals surface area contributed by atoms with Crippen molar-refractivity contribution in [1.29, 1.82) is 0 Å². The summed E-state index contributed by atoms with van der Waals surface area (Å²) in [5, 5.41) is 18.3. The van der Waals surface area contributed by atoms with Crippen LogP contribution in [0.25, 0.3) is 6.08 Å². The van der Waals surface area contributed by atoms with Crippen LogP contribution in [0.15, 0.2) is 48.5 Å². The van der Waals surface area contributed by atoms with Crippen LogP contribution < -0.4 is 4.74 Å². The van der Waals surface area contributed by atoms with Gasteiger partial charge in [0.25, 0.3) is 0 Å². The summed E-state index contributed by atoms with van der Waals surface area (Å²) in [7, 11) is 0. The molecule has 2 N–H and O–H groups in total. The average Bonchev–Trinajstić information content (AvgIpc) is 2.53. The van der Waals surface area contributed by atoms with Gasteiger partial charge in [-0.15, -0.1) is 0 Å². The van der Waals surface area contributed by atoms with E-state index in [9.17, 15) is 14.7 Å². The molecule has 0 aliphatic carbocycles. The second-order valence-corrected chi connectivity index (χ2v) is 5.47. The molecule has 0 fully saturated rings. The van der Waals surface area contributed by atoms with Gasteiger partial charge in [-0.1, -0.05) is 6.07 Å². The number of phenolic OH excluding ortho intramolecular Hbond substituents is 1. The number of aromatic carboxylic acids is 1. The molecule has 2 aromatic carbocycles. The second kappa shape index (κ2) is 7.46. The minimum atomic E-state index is -1.04. The summed E-state index contributed by atoms with van der Waals surface area (Å²) >= 11 is 0. The van der Waals surface area contributed by atoms with Crippen molar-refractivity contribution in [2.45, 2.75) is 20.0 Å². The molecule has 0 aliphatic heterocycles. The number of carboxylic acid groups (broad SMARTS) is 1. The smallest absolute Gasteiger partial charge is 0.335 e. The maximum atomic E-state index is 12.1. The molecule has 0 unspecified atom stereocenters. The van der Waals surface area contributed by atoms with Crippen molar-refractivity contribution in [3.63, 3.8) is 0 Å². The highest BCUT2D eigenvalue weighted by atomic mass is 16.5. The highest BCUT2D eigenvalue weighted by molar-refractivity contribution is 6.07. The summed E-state index contributed by atoms with van der Waals surface area (Å²) in [6.07, 6.45) is 2.84. The second-order valence-electron chi connectivity index (χ2n) is 5.47. The van der Waals surface area contributed by atoms with Gasteiger partial charge in [0.05, 0.1) is 11.7 Å². The predicted molar refractivity (Wildman–Crippen MR) is 90.6 cm³/mol. The fraction of sp³-hybridized carbons (Fsp3) is 0.158. The van der Waals surface area contributed by atoms with E-state index in [-0.39, 0.29) is 23.2 Å². The van der Waals surface area contributed by atoms with E-state index in [0.29, 0.717) is 16.9 Å². The van der Waals surface area contributed by atoms with Gasteiger partial charge in [-0.05, 0) is 62.4 Å². The zero-order chi connectivity index (χ0) is 17.7. The molecule has 5 nitrogen and oxygen atoms in total. The molecule has 5 heteroatoms. The number of ether oxygens (including phenoxy) is 1. The Morgan fingerprint density at radius 3 is 2.25 bits per heavy atom. The summed E-state index contributed by atoms with van der Waals surface area (Å²) in [5.41, 5.74) is 1.17. The molecule has 0 saturated heterocycles. The average molecular weight is 326 g/mol. The molecule has 0 amide bonds. The van der Waals surface area contributed by atoms with E-state index >= 15 is 0 Å². The SMILES string of the molecule is CC(C)Oc1cc(C(=O)O)ccc1/C=C/C(=O)c1ccc(O)cc1. The van der Waals surface area contributed by atoms with Crippen molar-refractivity contribution < 1.29 is 24.5 Å². The number of hydrogen-bond donors (Lipinski definition) is 2. The Labute approximate surface area is 139 Å². The van der Waals surface area contributed by atoms with Gasteiger partial charge in [0.15, 0.2) is 5.78 Å². The predicted octanol–water partition coefficient (Wildman–Crippen LogP) is 3.77. The van der Waals surface area contributed by atoms with Crippen molar-refractivity contribution >= 4 is 17.8 Å². The van der Waals surface area contributed by atoms with E-state index in [1.165, 1.54) is 42.5 Å². The fourth-order valence-corrected chi connectivity index (χ4v) is 2.05. The molecule has 0 saturated carbocycles. The molecule has 0 bridgehead atoms. The maximum absolute atomic E-state index is 12.1. The van der Waals surface area contributed by atoms with Gasteiger partial charge in [-0.3, -0.25) is 4.79 Å². The Kier molecular flexibility index (Phi) is 5.37. The lowest BCUT2D eigenvalue weighted by Gasteiger charge is -2.13. The van der Waals surface area contributed by atoms with Crippen LogP contribution in [0.4, 0.5) is 0 Å². The van der Waals surface area contributed by atoms with Crippen LogP contribution in [0.1, 0.15) is 40.1 Å². The molecule has 0 aromatic heterocycles. The highest BCUT2D eigenvalue weighted by Gasteiger charge is 2.10. The Balaban J connectivity index is 2.28. The van der Waals surface area contributed by atoms with E-state index in [1.807, 2.05) is 13.8 Å². The number of benzene rings is 2. The lowest BCUT2D eigenvalue weighted by Crippen LogP contribution is -2.08. The number of rotatable bonds is 6. The molecule has 24 heavy (non-hydrogen) atoms. The summed E-state index contributed by atoms with van der Waals surface area (Å²) in [6.45, 7) is 3.67. The maximum Gasteiger partial charge on any atom is 0.335 e. The summed E-state index contributed by atoms with van der Waals surface area (Å²) in [5.74, 6) is -0.779. The van der Waals surface area contributed by atoms with Gasteiger partial charge in [0.2, 0.25) is 0 Å². The third kappa shape index (κ3) is 4.46. The Morgan fingerprint density at radius 2 is 1.67 bits per heavy atom. The van der Waals surface area contributed by atoms with Crippen molar-refractivity contribution in [2.75, 3.05) is 0 Å². The van der Waals surface area contributed by atoms with E-state index in [0.717, 1.165) is 0 Å². The minimum Gasteiger partial charge on any atom is -0.508 e. The third-order valence-electron chi connectivity index (χ3n) is 3.19. The lowest BCUT2D eigenvalue weighted by atomic mass is 10.1. The molecule has 124 valence electrons. The number of carboxylic acids is 1. The van der Waals surface area contributed by atoms with E-state index in [1.54, 1.807) is 12.1 Å². The number of ketones is 1. The van der Waals surface area contributed by atoms with E-state index in [4.69, 9.17) is 9.84 Å².